The first kappa shape index (κ1) is 11.4. The van der Waals surface area contributed by atoms with Gasteiger partial charge in [-0.3, -0.25) is 4.79 Å². The van der Waals surface area contributed by atoms with Gasteiger partial charge in [-0.1, -0.05) is 11.6 Å². The number of amides is 1. The van der Waals surface area contributed by atoms with Crippen LogP contribution in [0.5, 0.6) is 0 Å². The molecule has 1 fully saturated rings. The van der Waals surface area contributed by atoms with E-state index in [2.05, 4.69) is 5.32 Å². The first-order chi connectivity index (χ1) is 7.70. The molecule has 0 heterocycles. The lowest BCUT2D eigenvalue weighted by molar-refractivity contribution is 0.0933. The zero-order valence-electron chi connectivity index (χ0n) is 8.95. The molecule has 16 heavy (non-hydrogen) atoms. The third-order valence-electron chi connectivity index (χ3n) is 2.87. The van der Waals surface area contributed by atoms with E-state index in [0.29, 0.717) is 23.0 Å². The Morgan fingerprint density at radius 2 is 2.06 bits per heavy atom. The topological polar surface area (TPSA) is 55.1 Å². The van der Waals surface area contributed by atoms with Gasteiger partial charge in [0.25, 0.3) is 5.91 Å². The molecule has 0 aliphatic heterocycles. The molecule has 1 amide bonds. The fraction of sp³-hybridized carbons (Fsp3) is 0.417. The summed E-state index contributed by atoms with van der Waals surface area (Å²) in [5.74, 6) is 0.500. The van der Waals surface area contributed by atoms with Crippen LogP contribution < -0.4 is 11.1 Å². The van der Waals surface area contributed by atoms with Gasteiger partial charge in [-0.25, -0.2) is 0 Å². The highest BCUT2D eigenvalue weighted by molar-refractivity contribution is 6.30. The molecule has 3 nitrogen and oxygen atoms in total. The molecule has 4 heteroatoms. The molecule has 1 aromatic carbocycles. The number of nitrogens with one attached hydrogen (secondary N) is 1. The maximum Gasteiger partial charge on any atom is 0.251 e. The summed E-state index contributed by atoms with van der Waals surface area (Å²) in [4.78, 5) is 11.8. The Balaban J connectivity index is 1.98. The minimum absolute atomic E-state index is 0.0704. The Morgan fingerprint density at radius 1 is 1.44 bits per heavy atom. The van der Waals surface area contributed by atoms with Crippen molar-refractivity contribution in [1.82, 2.24) is 5.32 Å². The number of hydrogen-bond acceptors (Lipinski definition) is 2. The molecule has 1 aliphatic rings. The van der Waals surface area contributed by atoms with Crippen LogP contribution in [-0.4, -0.2) is 18.5 Å². The lowest BCUT2D eigenvalue weighted by Crippen LogP contribution is -2.41. The average molecular weight is 239 g/mol. The average Bonchev–Trinajstić information content (AvgIpc) is 3.10. The van der Waals surface area contributed by atoms with E-state index in [1.54, 1.807) is 24.3 Å². The Bertz CT molecular complexity index is 373. The molecular formula is C12H15ClN2O. The summed E-state index contributed by atoms with van der Waals surface area (Å²) in [5.41, 5.74) is 6.26. The largest absolute Gasteiger partial charge is 0.348 e. The molecule has 1 atom stereocenters. The molecule has 0 bridgehead atoms. The third kappa shape index (κ3) is 2.74. The number of carbonyl (C=O) groups is 1. The summed E-state index contributed by atoms with van der Waals surface area (Å²) in [7, 11) is 0. The molecule has 86 valence electrons. The summed E-state index contributed by atoms with van der Waals surface area (Å²) in [6.45, 7) is 0.504. The van der Waals surface area contributed by atoms with E-state index in [1.165, 1.54) is 12.8 Å². The number of benzene rings is 1. The van der Waals surface area contributed by atoms with Crippen molar-refractivity contribution in [2.24, 2.45) is 11.7 Å². The summed E-state index contributed by atoms with van der Waals surface area (Å²) in [6, 6.07) is 6.98. The van der Waals surface area contributed by atoms with Crippen molar-refractivity contribution in [2.45, 2.75) is 18.9 Å². The van der Waals surface area contributed by atoms with Gasteiger partial charge in [0.15, 0.2) is 0 Å². The highest BCUT2D eigenvalue weighted by atomic mass is 35.5. The number of hydrogen-bond donors (Lipinski definition) is 2. The first-order valence-corrected chi connectivity index (χ1v) is 5.85. The second-order valence-corrected chi connectivity index (χ2v) is 4.60. The van der Waals surface area contributed by atoms with Gasteiger partial charge < -0.3 is 11.1 Å². The monoisotopic (exact) mass is 238 g/mol. The highest BCUT2D eigenvalue weighted by Gasteiger charge is 2.31. The summed E-state index contributed by atoms with van der Waals surface area (Å²) in [6.07, 6.45) is 2.34. The molecule has 1 aliphatic carbocycles. The Kier molecular flexibility index (Phi) is 3.46. The SMILES string of the molecule is NCC(NC(=O)c1ccc(Cl)cc1)C1CC1. The van der Waals surface area contributed by atoms with Crippen molar-refractivity contribution in [3.8, 4) is 0 Å². The molecule has 1 unspecified atom stereocenters. The molecular weight excluding hydrogens is 224 g/mol. The number of rotatable bonds is 4. The van der Waals surface area contributed by atoms with Gasteiger partial charge in [-0.2, -0.15) is 0 Å². The molecule has 0 saturated heterocycles. The smallest absolute Gasteiger partial charge is 0.251 e. The van der Waals surface area contributed by atoms with Gasteiger partial charge in [0.2, 0.25) is 0 Å². The van der Waals surface area contributed by atoms with Crippen molar-refractivity contribution in [1.29, 1.82) is 0 Å². The number of nitrogens with two attached hydrogens (primary N) is 1. The quantitative estimate of drug-likeness (QED) is 0.841. The second-order valence-electron chi connectivity index (χ2n) is 4.16. The van der Waals surface area contributed by atoms with E-state index in [-0.39, 0.29) is 11.9 Å². The molecule has 1 saturated carbocycles. The Morgan fingerprint density at radius 3 is 2.56 bits per heavy atom. The normalized spacial score (nSPS) is 16.9. The highest BCUT2D eigenvalue weighted by Crippen LogP contribution is 2.32. The zero-order valence-corrected chi connectivity index (χ0v) is 9.70. The first-order valence-electron chi connectivity index (χ1n) is 5.47. The molecule has 0 radical (unpaired) electrons. The lowest BCUT2D eigenvalue weighted by Gasteiger charge is -2.15. The maximum absolute atomic E-state index is 11.8. The van der Waals surface area contributed by atoms with Crippen LogP contribution in [0.15, 0.2) is 24.3 Å². The van der Waals surface area contributed by atoms with Crippen molar-refractivity contribution in [3.63, 3.8) is 0 Å². The lowest BCUT2D eigenvalue weighted by atomic mass is 10.1. The van der Waals surface area contributed by atoms with Crippen LogP contribution >= 0.6 is 11.6 Å². The zero-order chi connectivity index (χ0) is 11.5. The van der Waals surface area contributed by atoms with Crippen LogP contribution in [-0.2, 0) is 0 Å². The fourth-order valence-electron chi connectivity index (χ4n) is 1.72. The van der Waals surface area contributed by atoms with Crippen molar-refractivity contribution in [3.05, 3.63) is 34.9 Å². The molecule has 0 spiro atoms. The van der Waals surface area contributed by atoms with E-state index < -0.39 is 0 Å². The molecule has 1 aromatic rings. The van der Waals surface area contributed by atoms with Crippen molar-refractivity contribution >= 4 is 17.5 Å². The van der Waals surface area contributed by atoms with Gasteiger partial charge in [-0.15, -0.1) is 0 Å². The Hall–Kier alpha value is -1.06. The Labute approximate surface area is 100.0 Å². The summed E-state index contributed by atoms with van der Waals surface area (Å²) < 4.78 is 0. The summed E-state index contributed by atoms with van der Waals surface area (Å²) in [5, 5.41) is 3.59. The molecule has 3 N–H and O–H groups in total. The minimum Gasteiger partial charge on any atom is -0.348 e. The minimum atomic E-state index is -0.0704. The van der Waals surface area contributed by atoms with E-state index in [4.69, 9.17) is 17.3 Å². The summed E-state index contributed by atoms with van der Waals surface area (Å²) >= 11 is 5.76. The van der Waals surface area contributed by atoms with E-state index in [1.807, 2.05) is 0 Å². The standard InChI is InChI=1S/C12H15ClN2O/c13-10-5-3-9(4-6-10)12(16)15-11(7-14)8-1-2-8/h3-6,8,11H,1-2,7,14H2,(H,15,16). The van der Waals surface area contributed by atoms with Gasteiger partial charge >= 0.3 is 0 Å². The number of carbonyl (C=O) groups excluding carboxylic acids is 1. The van der Waals surface area contributed by atoms with Crippen molar-refractivity contribution in [2.75, 3.05) is 6.54 Å². The van der Waals surface area contributed by atoms with Gasteiger partial charge in [0, 0.05) is 23.2 Å². The van der Waals surface area contributed by atoms with Gasteiger partial charge in [0.05, 0.1) is 0 Å². The molecule has 2 rings (SSSR count). The van der Waals surface area contributed by atoms with Crippen LogP contribution in [0.25, 0.3) is 0 Å². The predicted octanol–water partition coefficient (Wildman–Crippen LogP) is 1.81. The fourth-order valence-corrected chi connectivity index (χ4v) is 1.85. The van der Waals surface area contributed by atoms with Gasteiger partial charge in [0.1, 0.15) is 0 Å². The van der Waals surface area contributed by atoms with Crippen LogP contribution in [0.3, 0.4) is 0 Å². The maximum atomic E-state index is 11.8. The van der Waals surface area contributed by atoms with Crippen LogP contribution in [0.2, 0.25) is 5.02 Å². The number of halogens is 1. The van der Waals surface area contributed by atoms with E-state index in [0.717, 1.165) is 0 Å². The van der Waals surface area contributed by atoms with E-state index >= 15 is 0 Å². The molecule has 0 aromatic heterocycles. The third-order valence-corrected chi connectivity index (χ3v) is 3.12. The predicted molar refractivity (Wildman–Crippen MR) is 64.5 cm³/mol. The second kappa shape index (κ2) is 4.85. The van der Waals surface area contributed by atoms with Crippen LogP contribution in [0, 0.1) is 5.92 Å². The van der Waals surface area contributed by atoms with Crippen LogP contribution in [0.4, 0.5) is 0 Å². The van der Waals surface area contributed by atoms with E-state index in [9.17, 15) is 4.79 Å². The van der Waals surface area contributed by atoms with Crippen LogP contribution in [0.1, 0.15) is 23.2 Å². The van der Waals surface area contributed by atoms with Crippen molar-refractivity contribution < 1.29 is 4.79 Å². The van der Waals surface area contributed by atoms with Gasteiger partial charge in [-0.05, 0) is 43.0 Å².